The number of aryl methyl sites for hydroxylation is 1. The van der Waals surface area contributed by atoms with Crippen molar-refractivity contribution >= 4 is 11.6 Å². The molecule has 0 bridgehead atoms. The zero-order valence-electron chi connectivity index (χ0n) is 11.4. The minimum Gasteiger partial charge on any atom is -0.310 e. The highest BCUT2D eigenvalue weighted by Crippen LogP contribution is 2.25. The summed E-state index contributed by atoms with van der Waals surface area (Å²) in [6, 6.07) is 12.4. The lowest BCUT2D eigenvalue weighted by molar-refractivity contribution is 0.544. The zero-order valence-corrected chi connectivity index (χ0v) is 12.1. The number of nitrogens with zero attached hydrogens (tertiary/aromatic N) is 1. The third-order valence-corrected chi connectivity index (χ3v) is 3.46. The summed E-state index contributed by atoms with van der Waals surface area (Å²) in [7, 11) is 0. The number of likely N-dealkylation sites (N-methyl/N-ethyl adjacent to an activating group) is 1. The molecule has 0 amide bonds. The van der Waals surface area contributed by atoms with Crippen LogP contribution in [0.5, 0.6) is 0 Å². The maximum absolute atomic E-state index is 6.29. The van der Waals surface area contributed by atoms with Crippen molar-refractivity contribution in [2.75, 3.05) is 6.54 Å². The monoisotopic (exact) mass is 274 g/mol. The number of halogens is 1. The molecule has 1 N–H and O–H groups in total. The van der Waals surface area contributed by atoms with Crippen LogP contribution in [0.15, 0.2) is 42.6 Å². The van der Waals surface area contributed by atoms with Crippen molar-refractivity contribution < 1.29 is 0 Å². The van der Waals surface area contributed by atoms with E-state index in [9.17, 15) is 0 Å². The van der Waals surface area contributed by atoms with Gasteiger partial charge in [-0.05, 0) is 36.7 Å². The van der Waals surface area contributed by atoms with Gasteiger partial charge >= 0.3 is 0 Å². The van der Waals surface area contributed by atoms with Crippen LogP contribution in [0.2, 0.25) is 5.02 Å². The predicted octanol–water partition coefficient (Wildman–Crippen LogP) is 3.94. The van der Waals surface area contributed by atoms with E-state index >= 15 is 0 Å². The van der Waals surface area contributed by atoms with Crippen LogP contribution in [0.3, 0.4) is 0 Å². The largest absolute Gasteiger partial charge is 0.310 e. The molecular formula is C16H19ClN2. The average molecular weight is 275 g/mol. The number of rotatable bonds is 5. The van der Waals surface area contributed by atoms with Gasteiger partial charge in [0.15, 0.2) is 0 Å². The number of benzene rings is 1. The van der Waals surface area contributed by atoms with Crippen LogP contribution in [0.4, 0.5) is 0 Å². The lowest BCUT2D eigenvalue weighted by Gasteiger charge is -2.19. The first-order chi connectivity index (χ1) is 9.20. The standard InChI is InChI=1S/C16H19ClN2/c1-3-18-16(14-6-4-5-7-15(14)17)10-13-9-8-12(2)11-19-13/h4-9,11,16,18H,3,10H2,1-2H3. The minimum atomic E-state index is 0.203. The summed E-state index contributed by atoms with van der Waals surface area (Å²) in [5.74, 6) is 0. The van der Waals surface area contributed by atoms with Crippen LogP contribution in [0.1, 0.15) is 29.8 Å². The van der Waals surface area contributed by atoms with Gasteiger partial charge in [0.2, 0.25) is 0 Å². The zero-order chi connectivity index (χ0) is 13.7. The summed E-state index contributed by atoms with van der Waals surface area (Å²) in [5.41, 5.74) is 3.39. The highest BCUT2D eigenvalue weighted by molar-refractivity contribution is 6.31. The molecule has 1 aromatic carbocycles. The summed E-state index contributed by atoms with van der Waals surface area (Å²) in [5, 5.41) is 4.28. The van der Waals surface area contributed by atoms with Crippen LogP contribution < -0.4 is 5.32 Å². The molecule has 2 rings (SSSR count). The van der Waals surface area contributed by atoms with Gasteiger partial charge in [-0.2, -0.15) is 0 Å². The molecule has 1 atom stereocenters. The molecule has 0 saturated heterocycles. The van der Waals surface area contributed by atoms with E-state index in [0.717, 1.165) is 29.2 Å². The first kappa shape index (κ1) is 14.0. The molecular weight excluding hydrogens is 256 g/mol. The fraction of sp³-hybridized carbons (Fsp3) is 0.312. The van der Waals surface area contributed by atoms with Crippen molar-refractivity contribution in [1.29, 1.82) is 0 Å². The first-order valence-corrected chi connectivity index (χ1v) is 6.98. The van der Waals surface area contributed by atoms with Gasteiger partial charge in [0.05, 0.1) is 0 Å². The van der Waals surface area contributed by atoms with Crippen molar-refractivity contribution in [1.82, 2.24) is 10.3 Å². The fourth-order valence-corrected chi connectivity index (χ4v) is 2.39. The SMILES string of the molecule is CCNC(Cc1ccc(C)cn1)c1ccccc1Cl. The summed E-state index contributed by atoms with van der Waals surface area (Å²) in [6.45, 7) is 5.06. The van der Waals surface area contributed by atoms with Crippen molar-refractivity contribution in [3.63, 3.8) is 0 Å². The van der Waals surface area contributed by atoms with Gasteiger partial charge in [-0.3, -0.25) is 4.98 Å². The topological polar surface area (TPSA) is 24.9 Å². The second-order valence-electron chi connectivity index (χ2n) is 4.66. The van der Waals surface area contributed by atoms with E-state index in [-0.39, 0.29) is 6.04 Å². The molecule has 1 heterocycles. The van der Waals surface area contributed by atoms with Gasteiger partial charge in [-0.15, -0.1) is 0 Å². The van der Waals surface area contributed by atoms with E-state index in [1.165, 1.54) is 5.56 Å². The Kier molecular flexibility index (Phi) is 4.94. The van der Waals surface area contributed by atoms with Crippen molar-refractivity contribution in [2.45, 2.75) is 26.3 Å². The Balaban J connectivity index is 2.21. The number of hydrogen-bond donors (Lipinski definition) is 1. The van der Waals surface area contributed by atoms with Crippen LogP contribution >= 0.6 is 11.6 Å². The smallest absolute Gasteiger partial charge is 0.0453 e. The van der Waals surface area contributed by atoms with Crippen molar-refractivity contribution in [3.05, 3.63) is 64.4 Å². The molecule has 2 nitrogen and oxygen atoms in total. The number of hydrogen-bond acceptors (Lipinski definition) is 2. The van der Waals surface area contributed by atoms with Crippen LogP contribution in [0, 0.1) is 6.92 Å². The van der Waals surface area contributed by atoms with E-state index in [1.807, 2.05) is 31.3 Å². The van der Waals surface area contributed by atoms with E-state index in [1.54, 1.807) is 0 Å². The lowest BCUT2D eigenvalue weighted by atomic mass is 10.0. The Labute approximate surface area is 119 Å². The van der Waals surface area contributed by atoms with Gasteiger partial charge in [0.25, 0.3) is 0 Å². The third-order valence-electron chi connectivity index (χ3n) is 3.12. The van der Waals surface area contributed by atoms with Crippen LogP contribution in [-0.2, 0) is 6.42 Å². The highest BCUT2D eigenvalue weighted by Gasteiger charge is 2.14. The Morgan fingerprint density at radius 3 is 2.63 bits per heavy atom. The summed E-state index contributed by atoms with van der Waals surface area (Å²) >= 11 is 6.29. The van der Waals surface area contributed by atoms with Gasteiger partial charge in [-0.25, -0.2) is 0 Å². The molecule has 0 saturated carbocycles. The van der Waals surface area contributed by atoms with Crippen molar-refractivity contribution in [2.24, 2.45) is 0 Å². The molecule has 0 fully saturated rings. The van der Waals surface area contributed by atoms with E-state index < -0.39 is 0 Å². The van der Waals surface area contributed by atoms with E-state index in [2.05, 4.69) is 35.4 Å². The molecule has 2 aromatic rings. The normalized spacial score (nSPS) is 12.4. The van der Waals surface area contributed by atoms with Crippen LogP contribution in [0.25, 0.3) is 0 Å². The summed E-state index contributed by atoms with van der Waals surface area (Å²) in [4.78, 5) is 4.47. The number of nitrogens with one attached hydrogen (secondary N) is 1. The van der Waals surface area contributed by atoms with E-state index in [0.29, 0.717) is 0 Å². The molecule has 0 aliphatic rings. The molecule has 0 radical (unpaired) electrons. The van der Waals surface area contributed by atoms with Gasteiger partial charge in [0, 0.05) is 29.4 Å². The average Bonchev–Trinajstić information content (AvgIpc) is 2.41. The molecule has 0 aliphatic carbocycles. The minimum absolute atomic E-state index is 0.203. The first-order valence-electron chi connectivity index (χ1n) is 6.60. The third kappa shape index (κ3) is 3.79. The Morgan fingerprint density at radius 1 is 1.21 bits per heavy atom. The maximum Gasteiger partial charge on any atom is 0.0453 e. The molecule has 3 heteroatoms. The second kappa shape index (κ2) is 6.69. The van der Waals surface area contributed by atoms with E-state index in [4.69, 9.17) is 11.6 Å². The molecule has 0 spiro atoms. The Morgan fingerprint density at radius 2 is 2.00 bits per heavy atom. The van der Waals surface area contributed by atoms with Crippen LogP contribution in [-0.4, -0.2) is 11.5 Å². The van der Waals surface area contributed by atoms with Crippen molar-refractivity contribution in [3.8, 4) is 0 Å². The van der Waals surface area contributed by atoms with Gasteiger partial charge in [0.1, 0.15) is 0 Å². The molecule has 1 aromatic heterocycles. The summed E-state index contributed by atoms with van der Waals surface area (Å²) in [6.07, 6.45) is 2.75. The predicted molar refractivity (Wildman–Crippen MR) is 80.5 cm³/mol. The number of aromatic nitrogens is 1. The maximum atomic E-state index is 6.29. The number of pyridine rings is 1. The Bertz CT molecular complexity index is 523. The molecule has 1 unspecified atom stereocenters. The molecule has 100 valence electrons. The van der Waals surface area contributed by atoms with Gasteiger partial charge in [-0.1, -0.05) is 42.8 Å². The second-order valence-corrected chi connectivity index (χ2v) is 5.07. The van der Waals surface area contributed by atoms with Gasteiger partial charge < -0.3 is 5.32 Å². The fourth-order valence-electron chi connectivity index (χ4n) is 2.12. The summed E-state index contributed by atoms with van der Waals surface area (Å²) < 4.78 is 0. The molecule has 19 heavy (non-hydrogen) atoms. The lowest BCUT2D eigenvalue weighted by Crippen LogP contribution is -2.23. The highest BCUT2D eigenvalue weighted by atomic mass is 35.5. The molecule has 0 aliphatic heterocycles. The Hall–Kier alpha value is -1.38. The quantitative estimate of drug-likeness (QED) is 0.893.